The lowest BCUT2D eigenvalue weighted by molar-refractivity contribution is -0.122. The fourth-order valence-electron chi connectivity index (χ4n) is 3.16. The van der Waals surface area contributed by atoms with Crippen LogP contribution in [-0.2, 0) is 4.79 Å². The van der Waals surface area contributed by atoms with Gasteiger partial charge in [-0.2, -0.15) is 11.8 Å². The Morgan fingerprint density at radius 3 is 2.96 bits per heavy atom. The highest BCUT2D eigenvalue weighted by Crippen LogP contribution is 2.39. The predicted octanol–water partition coefficient (Wildman–Crippen LogP) is 2.92. The van der Waals surface area contributed by atoms with E-state index in [9.17, 15) is 4.79 Å². The molecule has 2 aliphatic heterocycles. The first-order valence-electron chi connectivity index (χ1n) is 7.92. The quantitative estimate of drug-likeness (QED) is 0.874. The first kappa shape index (κ1) is 18.4. The molecule has 1 fully saturated rings. The van der Waals surface area contributed by atoms with E-state index in [0.29, 0.717) is 12.5 Å². The van der Waals surface area contributed by atoms with E-state index in [0.717, 1.165) is 35.8 Å². The van der Waals surface area contributed by atoms with E-state index in [-0.39, 0.29) is 30.0 Å². The Labute approximate surface area is 148 Å². The zero-order valence-corrected chi connectivity index (χ0v) is 15.3. The molecule has 2 unspecified atom stereocenters. The average molecular weight is 357 g/mol. The van der Waals surface area contributed by atoms with E-state index < -0.39 is 0 Å². The van der Waals surface area contributed by atoms with Gasteiger partial charge in [0.05, 0.1) is 6.04 Å². The minimum absolute atomic E-state index is 0. The number of thioether (sulfide) groups is 1. The summed E-state index contributed by atoms with van der Waals surface area (Å²) in [6.07, 6.45) is 1.34. The highest BCUT2D eigenvalue weighted by molar-refractivity contribution is 7.99. The second-order valence-electron chi connectivity index (χ2n) is 6.65. The van der Waals surface area contributed by atoms with Crippen molar-refractivity contribution in [3.05, 3.63) is 29.8 Å². The molecule has 1 aromatic rings. The Balaban J connectivity index is 0.00000192. The van der Waals surface area contributed by atoms with E-state index in [1.807, 2.05) is 36.0 Å². The van der Waals surface area contributed by atoms with Crippen LogP contribution in [0.5, 0.6) is 5.75 Å². The molecule has 1 saturated heterocycles. The van der Waals surface area contributed by atoms with Gasteiger partial charge in [0.2, 0.25) is 5.91 Å². The van der Waals surface area contributed by atoms with Gasteiger partial charge in [0.15, 0.2) is 0 Å². The molecule has 0 saturated carbocycles. The topological polar surface area (TPSA) is 50.4 Å². The van der Waals surface area contributed by atoms with E-state index in [4.69, 9.17) is 4.74 Å². The maximum Gasteiger partial charge on any atom is 0.222 e. The van der Waals surface area contributed by atoms with Gasteiger partial charge in [-0.1, -0.05) is 18.2 Å². The summed E-state index contributed by atoms with van der Waals surface area (Å²) in [5.74, 6) is 3.16. The van der Waals surface area contributed by atoms with Gasteiger partial charge in [0.1, 0.15) is 11.4 Å². The third-order valence-electron chi connectivity index (χ3n) is 4.14. The standard InChI is InChI=1S/C17H24N2O2S.ClH/c1-17(2)10-14(13-5-3-4-6-15(13)21-17)19-16(20)9-12-11-22-8-7-18-12;/h3-6,12,14,18H,7-11H2,1-2H3,(H,19,20);1H. The predicted molar refractivity (Wildman–Crippen MR) is 97.6 cm³/mol. The second kappa shape index (κ2) is 7.77. The Morgan fingerprint density at radius 1 is 1.43 bits per heavy atom. The summed E-state index contributed by atoms with van der Waals surface area (Å²) in [7, 11) is 0. The SMILES string of the molecule is CC1(C)CC(NC(=O)CC2CSCCN2)c2ccccc2O1.Cl. The highest BCUT2D eigenvalue weighted by Gasteiger charge is 2.34. The number of carbonyl (C=O) groups excluding carboxylic acids is 1. The van der Waals surface area contributed by atoms with Gasteiger partial charge in [-0.15, -0.1) is 12.4 Å². The molecule has 6 heteroatoms. The lowest BCUT2D eigenvalue weighted by Gasteiger charge is -2.38. The van der Waals surface area contributed by atoms with Gasteiger partial charge in [0.25, 0.3) is 0 Å². The van der Waals surface area contributed by atoms with Crippen LogP contribution in [-0.4, -0.2) is 35.6 Å². The summed E-state index contributed by atoms with van der Waals surface area (Å²) in [4.78, 5) is 12.4. The van der Waals surface area contributed by atoms with Crippen molar-refractivity contribution in [3.63, 3.8) is 0 Å². The molecule has 0 aliphatic carbocycles. The number of ether oxygens (including phenoxy) is 1. The van der Waals surface area contributed by atoms with Crippen LogP contribution in [0.15, 0.2) is 24.3 Å². The third-order valence-corrected chi connectivity index (χ3v) is 5.27. The molecule has 23 heavy (non-hydrogen) atoms. The van der Waals surface area contributed by atoms with Crippen LogP contribution in [0.2, 0.25) is 0 Å². The van der Waals surface area contributed by atoms with Crippen LogP contribution in [0.1, 0.15) is 38.3 Å². The molecule has 2 N–H and O–H groups in total. The van der Waals surface area contributed by atoms with Gasteiger partial charge in [-0.05, 0) is 19.9 Å². The largest absolute Gasteiger partial charge is 0.487 e. The molecule has 1 aromatic carbocycles. The van der Waals surface area contributed by atoms with Gasteiger partial charge in [-0.25, -0.2) is 0 Å². The van der Waals surface area contributed by atoms with E-state index in [1.165, 1.54) is 0 Å². The molecule has 3 rings (SSSR count). The second-order valence-corrected chi connectivity index (χ2v) is 7.80. The number of carbonyl (C=O) groups is 1. The molecule has 0 radical (unpaired) electrons. The van der Waals surface area contributed by atoms with Crippen molar-refractivity contribution in [2.75, 3.05) is 18.1 Å². The molecular formula is C17H25ClN2O2S. The number of amides is 1. The van der Waals surface area contributed by atoms with Crippen molar-refractivity contribution in [2.24, 2.45) is 0 Å². The van der Waals surface area contributed by atoms with E-state index >= 15 is 0 Å². The molecule has 4 nitrogen and oxygen atoms in total. The summed E-state index contributed by atoms with van der Waals surface area (Å²) in [6, 6.07) is 8.32. The number of para-hydroxylation sites is 1. The normalized spacial score (nSPS) is 25.5. The zero-order valence-electron chi connectivity index (χ0n) is 13.6. The van der Waals surface area contributed by atoms with Gasteiger partial charge < -0.3 is 15.4 Å². The van der Waals surface area contributed by atoms with Crippen molar-refractivity contribution < 1.29 is 9.53 Å². The molecule has 0 aromatic heterocycles. The van der Waals surface area contributed by atoms with Crippen molar-refractivity contribution in [1.29, 1.82) is 0 Å². The fraction of sp³-hybridized carbons (Fsp3) is 0.588. The number of rotatable bonds is 3. The number of hydrogen-bond acceptors (Lipinski definition) is 4. The lowest BCUT2D eigenvalue weighted by Crippen LogP contribution is -2.44. The molecule has 2 heterocycles. The summed E-state index contributed by atoms with van der Waals surface area (Å²) in [5, 5.41) is 6.63. The molecule has 2 atom stereocenters. The fourth-order valence-corrected chi connectivity index (χ4v) is 4.11. The Kier molecular flexibility index (Phi) is 6.23. The first-order valence-corrected chi connectivity index (χ1v) is 9.07. The monoisotopic (exact) mass is 356 g/mol. The smallest absolute Gasteiger partial charge is 0.222 e. The Morgan fingerprint density at radius 2 is 2.22 bits per heavy atom. The number of halogens is 1. The van der Waals surface area contributed by atoms with Crippen LogP contribution in [0, 0.1) is 0 Å². The number of benzene rings is 1. The number of fused-ring (bicyclic) bond motifs is 1. The van der Waals surface area contributed by atoms with Gasteiger partial charge in [0, 0.05) is 42.5 Å². The summed E-state index contributed by atoms with van der Waals surface area (Å²) in [5.41, 5.74) is 0.826. The molecule has 0 bridgehead atoms. The maximum atomic E-state index is 12.4. The molecule has 0 spiro atoms. The van der Waals surface area contributed by atoms with Crippen molar-refractivity contribution >= 4 is 30.1 Å². The van der Waals surface area contributed by atoms with Crippen LogP contribution in [0.3, 0.4) is 0 Å². The zero-order chi connectivity index (χ0) is 15.6. The van der Waals surface area contributed by atoms with Gasteiger partial charge in [-0.3, -0.25) is 4.79 Å². The maximum absolute atomic E-state index is 12.4. The number of nitrogens with one attached hydrogen (secondary N) is 2. The Bertz CT molecular complexity index is 547. The molecule has 1 amide bonds. The minimum Gasteiger partial charge on any atom is -0.487 e. The summed E-state index contributed by atoms with van der Waals surface area (Å²) >= 11 is 1.92. The average Bonchev–Trinajstić information content (AvgIpc) is 2.47. The lowest BCUT2D eigenvalue weighted by atomic mass is 9.89. The number of hydrogen-bond donors (Lipinski definition) is 2. The molecule has 128 valence electrons. The first-order chi connectivity index (χ1) is 10.5. The van der Waals surface area contributed by atoms with Crippen LogP contribution < -0.4 is 15.4 Å². The van der Waals surface area contributed by atoms with Crippen LogP contribution in [0.4, 0.5) is 0 Å². The summed E-state index contributed by atoms with van der Waals surface area (Å²) in [6.45, 7) is 5.14. The van der Waals surface area contributed by atoms with Crippen molar-refractivity contribution in [3.8, 4) is 5.75 Å². The van der Waals surface area contributed by atoms with E-state index in [1.54, 1.807) is 0 Å². The minimum atomic E-state index is -0.259. The van der Waals surface area contributed by atoms with Crippen LogP contribution in [0.25, 0.3) is 0 Å². The van der Waals surface area contributed by atoms with Crippen molar-refractivity contribution in [2.45, 2.75) is 44.4 Å². The van der Waals surface area contributed by atoms with Crippen molar-refractivity contribution in [1.82, 2.24) is 10.6 Å². The Hall–Kier alpha value is -0.910. The van der Waals surface area contributed by atoms with E-state index in [2.05, 4.69) is 24.5 Å². The highest BCUT2D eigenvalue weighted by atomic mass is 35.5. The van der Waals surface area contributed by atoms with Crippen LogP contribution >= 0.6 is 24.2 Å². The summed E-state index contributed by atoms with van der Waals surface area (Å²) < 4.78 is 6.01. The third kappa shape index (κ3) is 4.78. The van der Waals surface area contributed by atoms with Gasteiger partial charge >= 0.3 is 0 Å². The molecule has 2 aliphatic rings. The molecular weight excluding hydrogens is 332 g/mol.